The number of hydrogen-bond acceptors (Lipinski definition) is 5. The number of fused-ring (bicyclic) bond motifs is 3. The lowest BCUT2D eigenvalue weighted by Gasteiger charge is -2.42. The maximum Gasteiger partial charge on any atom is 0.274 e. The molecule has 0 aromatic heterocycles. The highest BCUT2D eigenvalue weighted by molar-refractivity contribution is 5.93. The van der Waals surface area contributed by atoms with E-state index in [-0.39, 0.29) is 17.7 Å². The third-order valence-electron chi connectivity index (χ3n) is 6.57. The molecular formula is C22H21N3O3. The largest absolute Gasteiger partial charge is 0.347 e. The van der Waals surface area contributed by atoms with Gasteiger partial charge >= 0.3 is 0 Å². The molecule has 6 nitrogen and oxygen atoms in total. The summed E-state index contributed by atoms with van der Waals surface area (Å²) in [6, 6.07) is 15.7. The second-order valence-electron chi connectivity index (χ2n) is 7.98. The molecule has 2 aliphatic heterocycles. The molecule has 2 heterocycles. The fourth-order valence-corrected chi connectivity index (χ4v) is 5.02. The first kappa shape index (κ1) is 17.2. The lowest BCUT2D eigenvalue weighted by Crippen LogP contribution is -2.46. The minimum Gasteiger partial charge on any atom is -0.347 e. The Bertz CT molecular complexity index is 999. The molecule has 1 aliphatic carbocycles. The number of rotatable bonds is 2. The van der Waals surface area contributed by atoms with E-state index < -0.39 is 5.91 Å². The molecule has 0 bridgehead atoms. The number of epoxide rings is 1. The summed E-state index contributed by atoms with van der Waals surface area (Å²) in [6.07, 6.45) is 4.12. The zero-order valence-corrected chi connectivity index (χ0v) is 15.4. The van der Waals surface area contributed by atoms with Gasteiger partial charge in [0.15, 0.2) is 6.23 Å². The van der Waals surface area contributed by atoms with Crippen LogP contribution in [0, 0.1) is 16.7 Å². The van der Waals surface area contributed by atoms with Gasteiger partial charge in [-0.25, -0.2) is 5.48 Å². The molecule has 2 N–H and O–H groups in total. The highest BCUT2D eigenvalue weighted by atomic mass is 16.6. The zero-order chi connectivity index (χ0) is 19.3. The first-order chi connectivity index (χ1) is 13.6. The van der Waals surface area contributed by atoms with E-state index in [2.05, 4.69) is 11.0 Å². The third kappa shape index (κ3) is 2.59. The first-order valence-electron chi connectivity index (χ1n) is 9.63. The summed E-state index contributed by atoms with van der Waals surface area (Å²) >= 11 is 0. The Morgan fingerprint density at radius 2 is 2.11 bits per heavy atom. The van der Waals surface area contributed by atoms with Crippen molar-refractivity contribution in [1.29, 1.82) is 5.26 Å². The Kier molecular flexibility index (Phi) is 3.90. The monoisotopic (exact) mass is 375 g/mol. The Balaban J connectivity index is 1.37. The smallest absolute Gasteiger partial charge is 0.274 e. The lowest BCUT2D eigenvalue weighted by molar-refractivity contribution is 0.0706. The first-order valence-corrected chi connectivity index (χ1v) is 9.63. The number of carbonyl (C=O) groups is 1. The van der Waals surface area contributed by atoms with Gasteiger partial charge in [-0.2, -0.15) is 5.26 Å². The molecular weight excluding hydrogens is 354 g/mol. The van der Waals surface area contributed by atoms with Crippen molar-refractivity contribution in [1.82, 2.24) is 5.48 Å². The SMILES string of the molecule is N#Cc1ccccc1N1CC[C@]2(CCc3cc(C(=O)NO)ccc3C2)[C@H]2OC21. The number of hydroxylamine groups is 1. The Labute approximate surface area is 163 Å². The van der Waals surface area contributed by atoms with E-state index in [9.17, 15) is 10.1 Å². The van der Waals surface area contributed by atoms with Gasteiger partial charge in [0.2, 0.25) is 0 Å². The summed E-state index contributed by atoms with van der Waals surface area (Å²) in [6.45, 7) is 0.875. The second-order valence-corrected chi connectivity index (χ2v) is 7.98. The number of benzene rings is 2. The average molecular weight is 375 g/mol. The van der Waals surface area contributed by atoms with E-state index in [1.165, 1.54) is 11.1 Å². The summed E-state index contributed by atoms with van der Waals surface area (Å²) in [5.74, 6) is -0.474. The van der Waals surface area contributed by atoms with Crippen molar-refractivity contribution in [2.45, 2.75) is 38.0 Å². The van der Waals surface area contributed by atoms with E-state index in [1.807, 2.05) is 36.4 Å². The molecule has 3 atom stereocenters. The Morgan fingerprint density at radius 3 is 2.93 bits per heavy atom. The maximum atomic E-state index is 11.7. The Hall–Kier alpha value is -2.88. The number of hydrogen-bond donors (Lipinski definition) is 2. The number of para-hydroxylation sites is 1. The van der Waals surface area contributed by atoms with E-state index >= 15 is 0 Å². The van der Waals surface area contributed by atoms with Crippen LogP contribution < -0.4 is 10.4 Å². The van der Waals surface area contributed by atoms with E-state index in [0.717, 1.165) is 37.9 Å². The normalized spacial score (nSPS) is 27.5. The molecule has 142 valence electrons. The van der Waals surface area contributed by atoms with Crippen LogP contribution in [-0.4, -0.2) is 30.0 Å². The van der Waals surface area contributed by atoms with Gasteiger partial charge in [0.25, 0.3) is 5.91 Å². The molecule has 2 saturated heterocycles. The highest BCUT2D eigenvalue weighted by Crippen LogP contribution is 2.54. The molecule has 2 aromatic rings. The zero-order valence-electron chi connectivity index (χ0n) is 15.4. The molecule has 0 saturated carbocycles. The van der Waals surface area contributed by atoms with Crippen LogP contribution in [0.1, 0.15) is 39.9 Å². The minimum absolute atomic E-state index is 0.0456. The van der Waals surface area contributed by atoms with Crippen LogP contribution in [0.25, 0.3) is 0 Å². The van der Waals surface area contributed by atoms with Crippen molar-refractivity contribution >= 4 is 11.6 Å². The van der Waals surface area contributed by atoms with Gasteiger partial charge in [0.1, 0.15) is 12.2 Å². The van der Waals surface area contributed by atoms with Crippen LogP contribution in [0.2, 0.25) is 0 Å². The van der Waals surface area contributed by atoms with Gasteiger partial charge in [-0.15, -0.1) is 0 Å². The van der Waals surface area contributed by atoms with Crippen LogP contribution in [0.4, 0.5) is 5.69 Å². The predicted octanol–water partition coefficient (Wildman–Crippen LogP) is 2.79. The standard InChI is InChI=1S/C22H21N3O3/c23-13-17-3-1-2-4-18(17)25-10-9-22(19-21(25)28-19)8-7-14-11-15(20(26)24-27)5-6-16(14)12-22/h1-6,11,19,21,27H,7-10,12H2,(H,24,26)/t19-,21?,22-/m0/s1. The maximum absolute atomic E-state index is 11.7. The number of ether oxygens (including phenoxy) is 1. The van der Waals surface area contributed by atoms with Crippen LogP contribution in [0.15, 0.2) is 42.5 Å². The number of aryl methyl sites for hydroxylation is 1. The van der Waals surface area contributed by atoms with Gasteiger partial charge in [-0.05, 0) is 61.1 Å². The summed E-state index contributed by atoms with van der Waals surface area (Å²) in [4.78, 5) is 13.9. The molecule has 3 aliphatic rings. The van der Waals surface area contributed by atoms with E-state index in [0.29, 0.717) is 11.1 Å². The molecule has 5 rings (SSSR count). The van der Waals surface area contributed by atoms with Gasteiger partial charge < -0.3 is 9.64 Å². The molecule has 1 unspecified atom stereocenters. The topological polar surface area (TPSA) is 88.9 Å². The molecule has 2 fully saturated rings. The summed E-state index contributed by atoms with van der Waals surface area (Å²) in [5.41, 5.74) is 6.41. The summed E-state index contributed by atoms with van der Waals surface area (Å²) in [5, 5.41) is 18.3. The molecule has 28 heavy (non-hydrogen) atoms. The minimum atomic E-state index is -0.474. The Morgan fingerprint density at radius 1 is 1.25 bits per heavy atom. The number of nitriles is 1. The van der Waals surface area contributed by atoms with Crippen LogP contribution in [0.3, 0.4) is 0 Å². The number of carbonyl (C=O) groups excluding carboxylic acids is 1. The van der Waals surface area contributed by atoms with Gasteiger partial charge in [-0.1, -0.05) is 18.2 Å². The number of piperidine rings is 1. The molecule has 1 amide bonds. The third-order valence-corrected chi connectivity index (χ3v) is 6.57. The fraction of sp³-hybridized carbons (Fsp3) is 0.364. The van der Waals surface area contributed by atoms with E-state index in [4.69, 9.17) is 9.94 Å². The highest BCUT2D eigenvalue weighted by Gasteiger charge is 2.60. The van der Waals surface area contributed by atoms with Crippen molar-refractivity contribution < 1.29 is 14.7 Å². The second kappa shape index (κ2) is 6.33. The van der Waals surface area contributed by atoms with Gasteiger partial charge in [0, 0.05) is 17.5 Å². The fourth-order valence-electron chi connectivity index (χ4n) is 5.02. The molecule has 2 aromatic carbocycles. The summed E-state index contributed by atoms with van der Waals surface area (Å²) < 4.78 is 6.15. The predicted molar refractivity (Wildman–Crippen MR) is 102 cm³/mol. The molecule has 6 heteroatoms. The quantitative estimate of drug-likeness (QED) is 0.479. The number of anilines is 1. The number of amides is 1. The average Bonchev–Trinajstić information content (AvgIpc) is 3.55. The molecule has 0 radical (unpaired) electrons. The number of nitrogens with one attached hydrogen (secondary N) is 1. The summed E-state index contributed by atoms with van der Waals surface area (Å²) in [7, 11) is 0. The van der Waals surface area contributed by atoms with Crippen LogP contribution in [-0.2, 0) is 17.6 Å². The van der Waals surface area contributed by atoms with E-state index in [1.54, 1.807) is 11.5 Å². The van der Waals surface area contributed by atoms with Crippen LogP contribution in [0.5, 0.6) is 0 Å². The van der Waals surface area contributed by atoms with Gasteiger partial charge in [-0.3, -0.25) is 10.0 Å². The van der Waals surface area contributed by atoms with Crippen molar-refractivity contribution in [2.75, 3.05) is 11.4 Å². The number of nitrogens with zero attached hydrogens (tertiary/aromatic N) is 2. The lowest BCUT2D eigenvalue weighted by atomic mass is 9.66. The van der Waals surface area contributed by atoms with Crippen molar-refractivity contribution in [2.24, 2.45) is 5.41 Å². The van der Waals surface area contributed by atoms with Gasteiger partial charge in [0.05, 0.1) is 11.3 Å². The van der Waals surface area contributed by atoms with Crippen molar-refractivity contribution in [3.63, 3.8) is 0 Å². The van der Waals surface area contributed by atoms with Crippen molar-refractivity contribution in [3.8, 4) is 6.07 Å². The molecule has 1 spiro atoms. The van der Waals surface area contributed by atoms with Crippen LogP contribution >= 0.6 is 0 Å². The van der Waals surface area contributed by atoms with Crippen molar-refractivity contribution in [3.05, 3.63) is 64.7 Å².